The highest BCUT2D eigenvalue weighted by Gasteiger charge is 2.60. The average molecular weight is 528 g/mol. The Morgan fingerprint density at radius 2 is 1.82 bits per heavy atom. The van der Waals surface area contributed by atoms with E-state index in [0.29, 0.717) is 39.5 Å². The molecule has 39 heavy (non-hydrogen) atoms. The van der Waals surface area contributed by atoms with Crippen LogP contribution in [0.4, 0.5) is 8.78 Å². The number of imidazole rings is 1. The van der Waals surface area contributed by atoms with Crippen molar-refractivity contribution in [3.63, 3.8) is 0 Å². The number of rotatable bonds is 3. The van der Waals surface area contributed by atoms with Gasteiger partial charge in [-0.2, -0.15) is 10.2 Å². The summed E-state index contributed by atoms with van der Waals surface area (Å²) >= 11 is 0. The zero-order valence-electron chi connectivity index (χ0n) is 21.9. The molecule has 0 radical (unpaired) electrons. The van der Waals surface area contributed by atoms with Gasteiger partial charge in [-0.15, -0.1) is 0 Å². The number of hydrogen-bond acceptors (Lipinski definition) is 4. The van der Waals surface area contributed by atoms with Crippen molar-refractivity contribution in [2.45, 2.75) is 51.1 Å². The minimum absolute atomic E-state index is 0.0672. The van der Waals surface area contributed by atoms with Crippen LogP contribution in [-0.4, -0.2) is 34.2 Å². The summed E-state index contributed by atoms with van der Waals surface area (Å²) in [5.41, 5.74) is 4.18. The highest BCUT2D eigenvalue weighted by atomic mass is 19.1. The van der Waals surface area contributed by atoms with Gasteiger partial charge in [0.05, 0.1) is 34.2 Å². The minimum Gasteiger partial charge on any atom is -0.304 e. The van der Waals surface area contributed by atoms with Gasteiger partial charge in [0.15, 0.2) is 5.82 Å². The fourth-order valence-electron chi connectivity index (χ4n) is 7.01. The summed E-state index contributed by atoms with van der Waals surface area (Å²) < 4.78 is 36.4. The van der Waals surface area contributed by atoms with Crippen LogP contribution in [0, 0.1) is 31.4 Å². The molecule has 1 aliphatic carbocycles. The summed E-state index contributed by atoms with van der Waals surface area (Å²) in [6, 6.07) is 6.96. The maximum absolute atomic E-state index is 15.6. The molecule has 198 valence electrons. The lowest BCUT2D eigenvalue weighted by Gasteiger charge is -2.36. The number of fused-ring (bicyclic) bond motifs is 4. The van der Waals surface area contributed by atoms with Crippen molar-refractivity contribution in [2.75, 3.05) is 0 Å². The monoisotopic (exact) mass is 527 g/mol. The van der Waals surface area contributed by atoms with Crippen molar-refractivity contribution in [3.8, 4) is 17.2 Å². The third-order valence-electron chi connectivity index (χ3n) is 9.08. The Morgan fingerprint density at radius 1 is 1.05 bits per heavy atom. The second-order valence-electron chi connectivity index (χ2n) is 11.4. The Morgan fingerprint density at radius 3 is 2.62 bits per heavy atom. The molecule has 10 heteroatoms. The van der Waals surface area contributed by atoms with Gasteiger partial charge in [-0.05, 0) is 74.4 Å². The zero-order chi connectivity index (χ0) is 26.8. The third-order valence-corrected chi connectivity index (χ3v) is 9.08. The Balaban J connectivity index is 1.35. The van der Waals surface area contributed by atoms with Gasteiger partial charge in [0.2, 0.25) is 0 Å². The first-order chi connectivity index (χ1) is 18.8. The molecule has 8 rings (SSSR count). The van der Waals surface area contributed by atoms with E-state index < -0.39 is 11.5 Å². The summed E-state index contributed by atoms with van der Waals surface area (Å²) in [6.45, 7) is 3.47. The lowest BCUT2D eigenvalue weighted by molar-refractivity contribution is 0.287. The number of nitrogens with one attached hydrogen (secondary N) is 1. The van der Waals surface area contributed by atoms with Gasteiger partial charge in [0.1, 0.15) is 11.6 Å². The topological polar surface area (TPSA) is 74.6 Å². The molecule has 3 aliphatic rings. The van der Waals surface area contributed by atoms with Gasteiger partial charge in [-0.1, -0.05) is 0 Å². The van der Waals surface area contributed by atoms with Crippen molar-refractivity contribution < 1.29 is 8.78 Å². The number of hydrogen-bond donors (Lipinski definition) is 1. The molecular formula is C29H27F2N7O. The normalized spacial score (nSPS) is 23.2. The van der Waals surface area contributed by atoms with E-state index in [4.69, 9.17) is 5.10 Å². The van der Waals surface area contributed by atoms with E-state index in [-0.39, 0.29) is 23.1 Å². The van der Waals surface area contributed by atoms with Gasteiger partial charge >= 0.3 is 5.69 Å². The first-order valence-electron chi connectivity index (χ1n) is 13.3. The SMILES string of the molecule is Cc1cc(-n2nc3c(c2-n2ccn(-c4ccc5c(cnn5C)c4F)c2=O)[C@H]2CCC4CC4(C3)N2)cc(C)c1F. The van der Waals surface area contributed by atoms with Crippen molar-refractivity contribution in [2.24, 2.45) is 13.0 Å². The van der Waals surface area contributed by atoms with E-state index in [2.05, 4.69) is 10.4 Å². The minimum atomic E-state index is -0.503. The predicted molar refractivity (Wildman–Crippen MR) is 142 cm³/mol. The van der Waals surface area contributed by atoms with Crippen LogP contribution in [-0.2, 0) is 13.5 Å². The molecule has 2 aliphatic heterocycles. The smallest absolute Gasteiger partial charge is 0.304 e. The molecule has 1 saturated carbocycles. The van der Waals surface area contributed by atoms with Crippen LogP contribution in [0.1, 0.15) is 47.7 Å². The van der Waals surface area contributed by atoms with Crippen LogP contribution in [0.5, 0.6) is 0 Å². The molecule has 5 heterocycles. The molecule has 1 N–H and O–H groups in total. The second kappa shape index (κ2) is 7.53. The van der Waals surface area contributed by atoms with Crippen molar-refractivity contribution >= 4 is 10.9 Å². The Hall–Kier alpha value is -4.05. The number of halogens is 2. The van der Waals surface area contributed by atoms with Crippen LogP contribution < -0.4 is 11.0 Å². The Kier molecular flexibility index (Phi) is 4.42. The van der Waals surface area contributed by atoms with Gasteiger partial charge in [-0.3, -0.25) is 13.8 Å². The summed E-state index contributed by atoms with van der Waals surface area (Å²) in [4.78, 5) is 14.0. The number of benzene rings is 2. The molecule has 2 unspecified atom stereocenters. The van der Waals surface area contributed by atoms with Crippen LogP contribution in [0.3, 0.4) is 0 Å². The maximum Gasteiger partial charge on any atom is 0.338 e. The third kappa shape index (κ3) is 3.03. The molecule has 1 saturated heterocycles. The van der Waals surface area contributed by atoms with Crippen molar-refractivity contribution in [3.05, 3.63) is 87.4 Å². The van der Waals surface area contributed by atoms with E-state index >= 15 is 4.39 Å². The van der Waals surface area contributed by atoms with Crippen LogP contribution in [0.25, 0.3) is 28.1 Å². The fraction of sp³-hybridized carbons (Fsp3) is 0.345. The second-order valence-corrected chi connectivity index (χ2v) is 11.4. The lowest BCUT2D eigenvalue weighted by atomic mass is 9.85. The lowest BCUT2D eigenvalue weighted by Crippen LogP contribution is -2.46. The molecule has 0 amide bonds. The molecule has 2 aromatic carbocycles. The van der Waals surface area contributed by atoms with E-state index in [9.17, 15) is 9.18 Å². The molecule has 2 fully saturated rings. The average Bonchev–Trinajstić information content (AvgIpc) is 3.16. The summed E-state index contributed by atoms with van der Waals surface area (Å²) in [5.74, 6) is 0.531. The molecule has 5 aromatic rings. The number of aromatic nitrogens is 6. The largest absolute Gasteiger partial charge is 0.338 e. The van der Waals surface area contributed by atoms with E-state index in [1.165, 1.54) is 10.8 Å². The standard InChI is InChI=1S/C29H27F2N7O/c1-15-10-18(11-16(2)25(15)30)38-27(24-20-5-4-17-12-29(17,33-20)13-21(24)34-38)37-9-8-36(28(37)39)23-7-6-22-19(26(23)31)14-32-35(22)3/h6-11,14,17,20,33H,4-5,12-13H2,1-3H3/t17?,20-,29?/m1/s1. The van der Waals surface area contributed by atoms with E-state index in [1.807, 2.05) is 0 Å². The first kappa shape index (κ1) is 22.9. The van der Waals surface area contributed by atoms with E-state index in [1.54, 1.807) is 71.5 Å². The van der Waals surface area contributed by atoms with Crippen molar-refractivity contribution in [1.29, 1.82) is 0 Å². The van der Waals surface area contributed by atoms with Gasteiger partial charge in [0, 0.05) is 43.0 Å². The molecule has 8 nitrogen and oxygen atoms in total. The molecule has 3 atom stereocenters. The highest BCUT2D eigenvalue weighted by molar-refractivity contribution is 5.81. The van der Waals surface area contributed by atoms with Crippen molar-refractivity contribution in [1.82, 2.24) is 34.0 Å². The van der Waals surface area contributed by atoms with Crippen LogP contribution in [0.15, 0.2) is 47.7 Å². The highest BCUT2D eigenvalue weighted by Crippen LogP contribution is 2.58. The van der Waals surface area contributed by atoms with Crippen LogP contribution >= 0.6 is 0 Å². The fourth-order valence-corrected chi connectivity index (χ4v) is 7.01. The zero-order valence-corrected chi connectivity index (χ0v) is 21.9. The quantitative estimate of drug-likeness (QED) is 0.379. The number of aryl methyl sites for hydroxylation is 3. The summed E-state index contributed by atoms with van der Waals surface area (Å²) in [7, 11) is 1.75. The van der Waals surface area contributed by atoms with Crippen LogP contribution in [0.2, 0.25) is 0 Å². The Bertz CT molecular complexity index is 1890. The Labute approximate surface area is 222 Å². The first-order valence-corrected chi connectivity index (χ1v) is 13.3. The number of nitrogens with zero attached hydrogens (tertiary/aromatic N) is 6. The number of piperidine rings is 1. The molecule has 2 bridgehead atoms. The summed E-state index contributed by atoms with van der Waals surface area (Å²) in [6.07, 6.45) is 8.76. The van der Waals surface area contributed by atoms with E-state index in [0.717, 1.165) is 36.9 Å². The molecule has 1 spiro atoms. The summed E-state index contributed by atoms with van der Waals surface area (Å²) in [5, 5.41) is 13.4. The van der Waals surface area contributed by atoms with Gasteiger partial charge < -0.3 is 5.32 Å². The van der Waals surface area contributed by atoms with Gasteiger partial charge in [-0.25, -0.2) is 18.3 Å². The van der Waals surface area contributed by atoms with Gasteiger partial charge in [0.25, 0.3) is 0 Å². The molecule has 3 aromatic heterocycles. The predicted octanol–water partition coefficient (Wildman–Crippen LogP) is 4.33. The molecular weight excluding hydrogens is 500 g/mol. The maximum atomic E-state index is 15.6.